The quantitative estimate of drug-likeness (QED) is 0.326. The van der Waals surface area contributed by atoms with E-state index < -0.39 is 23.9 Å². The van der Waals surface area contributed by atoms with Gasteiger partial charge in [-0.1, -0.05) is 0 Å². The number of guanidine groups is 2. The van der Waals surface area contributed by atoms with Gasteiger partial charge < -0.3 is 31.9 Å². The highest BCUT2D eigenvalue weighted by atomic mass is 16.3. The second kappa shape index (κ2) is 3.23. The Morgan fingerprint density at radius 3 is 2.94 bits per heavy atom. The lowest BCUT2D eigenvalue weighted by atomic mass is 9.89. The number of hydrogen-bond donors (Lipinski definition) is 5. The van der Waals surface area contributed by atoms with Gasteiger partial charge in [0.25, 0.3) is 0 Å². The zero-order chi connectivity index (χ0) is 12.2. The fourth-order valence-electron chi connectivity index (χ4n) is 3.04. The summed E-state index contributed by atoms with van der Waals surface area (Å²) in [6, 6.07) is -0.871. The van der Waals surface area contributed by atoms with Crippen molar-refractivity contribution in [1.82, 2.24) is 10.2 Å². The van der Waals surface area contributed by atoms with Gasteiger partial charge in [-0.2, -0.15) is 0 Å². The van der Waals surface area contributed by atoms with Crippen molar-refractivity contribution in [3.05, 3.63) is 0 Å². The lowest BCUT2D eigenvalue weighted by Crippen LogP contribution is -2.72. The van der Waals surface area contributed by atoms with E-state index in [0.29, 0.717) is 18.9 Å². The van der Waals surface area contributed by atoms with E-state index in [2.05, 4.69) is 15.3 Å². The lowest BCUT2D eigenvalue weighted by molar-refractivity contribution is 0.0164. The second-order valence-electron chi connectivity index (χ2n) is 4.60. The minimum Gasteiger partial charge on any atom is -0.394 e. The van der Waals surface area contributed by atoms with Gasteiger partial charge >= 0.3 is 0 Å². The Hall–Kier alpha value is -1.54. The molecule has 3 aliphatic rings. The maximum atomic E-state index is 10.2. The largest absolute Gasteiger partial charge is 0.394 e. The number of nitrogens with one attached hydrogen (secondary N) is 1. The minimum atomic E-state index is -0.830. The molecule has 0 aromatic rings. The first-order chi connectivity index (χ1) is 8.09. The van der Waals surface area contributed by atoms with E-state index in [9.17, 15) is 10.2 Å². The summed E-state index contributed by atoms with van der Waals surface area (Å²) in [6.07, 6.45) is -0.0684. The third-order valence-electron chi connectivity index (χ3n) is 3.76. The van der Waals surface area contributed by atoms with Gasteiger partial charge in [0.05, 0.1) is 12.7 Å². The SMILES string of the molecule is NC1=N[C@H]2[C@H](CO)N=C(N)N3CC[C@@H](O)C23N1. The summed E-state index contributed by atoms with van der Waals surface area (Å²) in [5.41, 5.74) is 10.7. The van der Waals surface area contributed by atoms with Gasteiger partial charge in [0.15, 0.2) is 17.6 Å². The molecule has 0 aliphatic carbocycles. The van der Waals surface area contributed by atoms with E-state index in [1.54, 1.807) is 4.90 Å². The maximum Gasteiger partial charge on any atom is 0.193 e. The number of aliphatic imine (C=N–C) groups is 2. The Bertz CT molecular complexity index is 410. The highest BCUT2D eigenvalue weighted by Crippen LogP contribution is 2.39. The van der Waals surface area contributed by atoms with Crippen molar-refractivity contribution in [2.24, 2.45) is 21.5 Å². The predicted molar refractivity (Wildman–Crippen MR) is 61.1 cm³/mol. The molecule has 0 aromatic carbocycles. The monoisotopic (exact) mass is 240 g/mol. The summed E-state index contributed by atoms with van der Waals surface area (Å²) < 4.78 is 0. The van der Waals surface area contributed by atoms with Crippen LogP contribution in [0.4, 0.5) is 0 Å². The van der Waals surface area contributed by atoms with Gasteiger partial charge in [0, 0.05) is 6.54 Å². The van der Waals surface area contributed by atoms with Crippen molar-refractivity contribution in [3.63, 3.8) is 0 Å². The van der Waals surface area contributed by atoms with Crippen molar-refractivity contribution < 1.29 is 10.2 Å². The van der Waals surface area contributed by atoms with E-state index >= 15 is 0 Å². The molecular weight excluding hydrogens is 224 g/mol. The number of hydrogen-bond acceptors (Lipinski definition) is 8. The first-order valence-corrected chi connectivity index (χ1v) is 5.61. The highest BCUT2D eigenvalue weighted by molar-refractivity contribution is 5.86. The van der Waals surface area contributed by atoms with Gasteiger partial charge in [-0.25, -0.2) is 9.98 Å². The van der Waals surface area contributed by atoms with Gasteiger partial charge in [0.2, 0.25) is 0 Å². The average molecular weight is 240 g/mol. The van der Waals surface area contributed by atoms with Crippen LogP contribution in [0.1, 0.15) is 6.42 Å². The molecule has 94 valence electrons. The first kappa shape index (κ1) is 10.6. The summed E-state index contributed by atoms with van der Waals surface area (Å²) in [7, 11) is 0. The molecule has 8 heteroatoms. The molecule has 1 unspecified atom stereocenters. The van der Waals surface area contributed by atoms with Gasteiger partial charge in [-0.15, -0.1) is 0 Å². The molecule has 0 bridgehead atoms. The molecule has 1 fully saturated rings. The van der Waals surface area contributed by atoms with E-state index in [1.807, 2.05) is 0 Å². The Labute approximate surface area is 98.0 Å². The number of nitrogens with two attached hydrogens (primary N) is 2. The van der Waals surface area contributed by atoms with Gasteiger partial charge in [-0.05, 0) is 6.42 Å². The summed E-state index contributed by atoms with van der Waals surface area (Å²) in [6.45, 7) is 0.424. The summed E-state index contributed by atoms with van der Waals surface area (Å²) >= 11 is 0. The Morgan fingerprint density at radius 2 is 2.24 bits per heavy atom. The molecule has 7 N–H and O–H groups in total. The normalized spacial score (nSPS) is 43.6. The molecule has 1 saturated heterocycles. The lowest BCUT2D eigenvalue weighted by Gasteiger charge is -2.46. The molecule has 0 amide bonds. The van der Waals surface area contributed by atoms with Crippen LogP contribution < -0.4 is 16.8 Å². The Kier molecular flexibility index (Phi) is 2.02. The first-order valence-electron chi connectivity index (χ1n) is 5.61. The van der Waals surface area contributed by atoms with Crippen LogP contribution in [0.2, 0.25) is 0 Å². The zero-order valence-electron chi connectivity index (χ0n) is 9.24. The van der Waals surface area contributed by atoms with E-state index in [0.717, 1.165) is 0 Å². The van der Waals surface area contributed by atoms with Crippen LogP contribution in [0, 0.1) is 0 Å². The molecule has 1 spiro atoms. The van der Waals surface area contributed by atoms with Crippen molar-refractivity contribution in [1.29, 1.82) is 0 Å². The van der Waals surface area contributed by atoms with Crippen molar-refractivity contribution in [3.8, 4) is 0 Å². The van der Waals surface area contributed by atoms with Gasteiger partial charge in [-0.3, -0.25) is 0 Å². The average Bonchev–Trinajstić information content (AvgIpc) is 2.80. The van der Waals surface area contributed by atoms with Crippen LogP contribution in [0.3, 0.4) is 0 Å². The molecule has 3 aliphatic heterocycles. The van der Waals surface area contributed by atoms with E-state index in [1.165, 1.54) is 0 Å². The third-order valence-corrected chi connectivity index (χ3v) is 3.76. The number of nitrogens with zero attached hydrogens (tertiary/aromatic N) is 3. The predicted octanol–water partition coefficient (Wildman–Crippen LogP) is -3.27. The minimum absolute atomic E-state index is 0.174. The molecular formula is C9H16N6O2. The molecule has 4 atom stereocenters. The molecule has 3 heterocycles. The Balaban J connectivity index is 2.10. The second-order valence-corrected chi connectivity index (χ2v) is 4.60. The summed E-state index contributed by atoms with van der Waals surface area (Å²) in [4.78, 5) is 10.2. The highest BCUT2D eigenvalue weighted by Gasteiger charge is 2.62. The van der Waals surface area contributed by atoms with Crippen LogP contribution in [0.5, 0.6) is 0 Å². The Morgan fingerprint density at radius 1 is 1.47 bits per heavy atom. The van der Waals surface area contributed by atoms with E-state index in [-0.39, 0.29) is 12.6 Å². The fourth-order valence-corrected chi connectivity index (χ4v) is 3.04. The van der Waals surface area contributed by atoms with Crippen LogP contribution in [0.25, 0.3) is 0 Å². The molecule has 17 heavy (non-hydrogen) atoms. The standard InChI is InChI=1S/C9H16N6O2/c10-7-13-6-4(3-16)12-8(11)15-2-1-5(17)9(6,15)14-7/h4-6,16-17H,1-3H2,(H2,11,12)(H3,10,13,14)/t4-,5+,6-,9?/m0/s1. The number of rotatable bonds is 1. The molecule has 8 nitrogen and oxygen atoms in total. The number of aliphatic hydroxyl groups is 2. The van der Waals surface area contributed by atoms with Gasteiger partial charge in [0.1, 0.15) is 12.1 Å². The van der Waals surface area contributed by atoms with Crippen LogP contribution in [-0.2, 0) is 0 Å². The van der Waals surface area contributed by atoms with Crippen LogP contribution in [-0.4, -0.2) is 64.0 Å². The number of aliphatic hydroxyl groups excluding tert-OH is 2. The third kappa shape index (κ3) is 1.14. The topological polar surface area (TPSA) is 132 Å². The van der Waals surface area contributed by atoms with Crippen molar-refractivity contribution in [2.45, 2.75) is 30.3 Å². The van der Waals surface area contributed by atoms with Crippen LogP contribution in [0.15, 0.2) is 9.98 Å². The summed E-state index contributed by atoms with van der Waals surface area (Å²) in [5, 5.41) is 22.6. The molecule has 3 rings (SSSR count). The van der Waals surface area contributed by atoms with Crippen molar-refractivity contribution in [2.75, 3.05) is 13.2 Å². The zero-order valence-corrected chi connectivity index (χ0v) is 9.24. The smallest absolute Gasteiger partial charge is 0.193 e. The van der Waals surface area contributed by atoms with E-state index in [4.69, 9.17) is 11.5 Å². The molecule has 0 aromatic heterocycles. The van der Waals surface area contributed by atoms with Crippen LogP contribution >= 0.6 is 0 Å². The summed E-state index contributed by atoms with van der Waals surface area (Å²) in [5.74, 6) is 0.568. The fraction of sp³-hybridized carbons (Fsp3) is 0.778. The van der Waals surface area contributed by atoms with Crippen molar-refractivity contribution >= 4 is 11.9 Å². The maximum absolute atomic E-state index is 10.2. The molecule has 0 radical (unpaired) electrons. The molecule has 0 saturated carbocycles.